The van der Waals surface area contributed by atoms with E-state index < -0.39 is 17.4 Å². The van der Waals surface area contributed by atoms with Crippen LogP contribution < -0.4 is 0 Å². The fourth-order valence-electron chi connectivity index (χ4n) is 1.48. The molecule has 0 heterocycles. The number of hydrogen-bond donors (Lipinski definition) is 2. The van der Waals surface area contributed by atoms with Gasteiger partial charge in [-0.25, -0.2) is 0 Å². The highest BCUT2D eigenvalue weighted by atomic mass is 79.9. The number of carbonyl (C=O) groups is 2. The highest BCUT2D eigenvalue weighted by molar-refractivity contribution is 9.09. The molecule has 0 atom stereocenters. The molecule has 0 unspecified atom stereocenters. The van der Waals surface area contributed by atoms with E-state index in [0.717, 1.165) is 0 Å². The van der Waals surface area contributed by atoms with Crippen LogP contribution in [-0.4, -0.2) is 27.5 Å². The summed E-state index contributed by atoms with van der Waals surface area (Å²) >= 11 is 3.19. The molecule has 4 nitrogen and oxygen atoms in total. The molecule has 0 bridgehead atoms. The zero-order valence-corrected chi connectivity index (χ0v) is 7.87. The van der Waals surface area contributed by atoms with E-state index in [1.54, 1.807) is 0 Å². The lowest BCUT2D eigenvalue weighted by Crippen LogP contribution is -2.50. The van der Waals surface area contributed by atoms with Crippen LogP contribution in [0.2, 0.25) is 0 Å². The van der Waals surface area contributed by atoms with E-state index in [4.69, 9.17) is 10.2 Å². The summed E-state index contributed by atoms with van der Waals surface area (Å²) in [6, 6.07) is 0. The first-order valence-electron chi connectivity index (χ1n) is 3.55. The molecule has 0 radical (unpaired) electrons. The Morgan fingerprint density at radius 3 is 2.00 bits per heavy atom. The van der Waals surface area contributed by atoms with Gasteiger partial charge in [-0.2, -0.15) is 0 Å². The average molecular weight is 237 g/mol. The Morgan fingerprint density at radius 2 is 1.75 bits per heavy atom. The second-order valence-corrected chi connectivity index (χ2v) is 3.77. The summed E-state index contributed by atoms with van der Waals surface area (Å²) < 4.78 is 0. The van der Waals surface area contributed by atoms with Crippen molar-refractivity contribution in [3.05, 3.63) is 0 Å². The number of aliphatic carboxylic acids is 2. The molecule has 1 fully saturated rings. The summed E-state index contributed by atoms with van der Waals surface area (Å²) in [5, 5.41) is 18.0. The molecule has 0 saturated heterocycles. The first kappa shape index (κ1) is 9.51. The molecular weight excluding hydrogens is 228 g/mol. The van der Waals surface area contributed by atoms with Gasteiger partial charge < -0.3 is 10.2 Å². The van der Waals surface area contributed by atoms with Crippen molar-refractivity contribution < 1.29 is 19.8 Å². The summed E-state index contributed by atoms with van der Waals surface area (Å²) in [5.41, 5.74) is -1.50. The Morgan fingerprint density at radius 1 is 1.33 bits per heavy atom. The van der Waals surface area contributed by atoms with Crippen molar-refractivity contribution in [2.24, 2.45) is 11.3 Å². The Hall–Kier alpha value is -0.580. The summed E-state index contributed by atoms with van der Waals surface area (Å²) in [4.78, 5) is 21.2. The van der Waals surface area contributed by atoms with E-state index in [0.29, 0.717) is 5.33 Å². The van der Waals surface area contributed by atoms with Crippen molar-refractivity contribution in [1.29, 1.82) is 0 Å². The van der Waals surface area contributed by atoms with E-state index in [2.05, 4.69) is 15.9 Å². The van der Waals surface area contributed by atoms with E-state index in [9.17, 15) is 9.59 Å². The van der Waals surface area contributed by atoms with Gasteiger partial charge in [0.1, 0.15) is 0 Å². The van der Waals surface area contributed by atoms with Crippen molar-refractivity contribution in [2.45, 2.75) is 12.8 Å². The van der Waals surface area contributed by atoms with Crippen LogP contribution in [-0.2, 0) is 9.59 Å². The van der Waals surface area contributed by atoms with Gasteiger partial charge >= 0.3 is 11.9 Å². The maximum atomic E-state index is 10.6. The number of carboxylic acid groups (broad SMARTS) is 2. The molecular formula is C7H9BrO4. The van der Waals surface area contributed by atoms with Crippen LogP contribution in [0.1, 0.15) is 12.8 Å². The number of carboxylic acids is 2. The lowest BCUT2D eigenvalue weighted by atomic mass is 9.62. The van der Waals surface area contributed by atoms with Crippen molar-refractivity contribution in [1.82, 2.24) is 0 Å². The minimum atomic E-state index is -1.50. The highest BCUT2D eigenvalue weighted by Gasteiger charge is 2.56. The largest absolute Gasteiger partial charge is 0.480 e. The van der Waals surface area contributed by atoms with Gasteiger partial charge in [0.25, 0.3) is 0 Å². The molecule has 1 saturated carbocycles. The number of halogens is 1. The fourth-order valence-corrected chi connectivity index (χ4v) is 1.93. The zero-order chi connectivity index (χ0) is 9.35. The van der Waals surface area contributed by atoms with Gasteiger partial charge in [-0.3, -0.25) is 9.59 Å². The van der Waals surface area contributed by atoms with Crippen LogP contribution in [0.5, 0.6) is 0 Å². The van der Waals surface area contributed by atoms with Crippen molar-refractivity contribution >= 4 is 27.9 Å². The monoisotopic (exact) mass is 236 g/mol. The molecule has 2 N–H and O–H groups in total. The Bertz CT molecular complexity index is 203. The number of hydrogen-bond acceptors (Lipinski definition) is 2. The van der Waals surface area contributed by atoms with E-state index in [-0.39, 0.29) is 18.8 Å². The van der Waals surface area contributed by atoms with Crippen molar-refractivity contribution in [3.63, 3.8) is 0 Å². The standard InChI is InChI=1S/C7H9BrO4/c8-3-4-1-7(2-4,5(9)10)6(11)12/h4H,1-3H2,(H,9,10)(H,11,12). The molecule has 12 heavy (non-hydrogen) atoms. The fraction of sp³-hybridized carbons (Fsp3) is 0.714. The first-order valence-corrected chi connectivity index (χ1v) is 4.68. The maximum Gasteiger partial charge on any atom is 0.321 e. The van der Waals surface area contributed by atoms with Gasteiger partial charge in [-0.1, -0.05) is 15.9 Å². The van der Waals surface area contributed by atoms with E-state index in [1.165, 1.54) is 0 Å². The predicted octanol–water partition coefficient (Wildman–Crippen LogP) is 0.947. The summed E-state index contributed by atoms with van der Waals surface area (Å²) in [6.07, 6.45) is 0.478. The zero-order valence-electron chi connectivity index (χ0n) is 6.29. The Kier molecular flexibility index (Phi) is 2.41. The molecule has 0 aliphatic heterocycles. The van der Waals surface area contributed by atoms with Crippen LogP contribution in [0, 0.1) is 11.3 Å². The molecule has 68 valence electrons. The third kappa shape index (κ3) is 1.22. The molecule has 0 spiro atoms. The molecule has 1 aliphatic carbocycles. The maximum absolute atomic E-state index is 10.6. The minimum absolute atomic E-state index is 0.192. The van der Waals surface area contributed by atoms with E-state index >= 15 is 0 Å². The normalized spacial score (nSPS) is 21.4. The Balaban J connectivity index is 2.69. The molecule has 5 heteroatoms. The minimum Gasteiger partial charge on any atom is -0.480 e. The lowest BCUT2D eigenvalue weighted by molar-refractivity contribution is -0.174. The van der Waals surface area contributed by atoms with Crippen LogP contribution in [0.4, 0.5) is 0 Å². The topological polar surface area (TPSA) is 74.6 Å². The smallest absolute Gasteiger partial charge is 0.321 e. The van der Waals surface area contributed by atoms with Gasteiger partial charge in [0.15, 0.2) is 5.41 Å². The molecule has 1 aliphatic rings. The van der Waals surface area contributed by atoms with Gasteiger partial charge in [-0.05, 0) is 18.8 Å². The molecule has 0 amide bonds. The quantitative estimate of drug-likeness (QED) is 0.566. The Labute approximate surface area is 77.7 Å². The third-order valence-corrected chi connectivity index (χ3v) is 3.23. The van der Waals surface area contributed by atoms with Gasteiger partial charge in [0, 0.05) is 5.33 Å². The van der Waals surface area contributed by atoms with Gasteiger partial charge in [-0.15, -0.1) is 0 Å². The molecule has 0 aromatic rings. The average Bonchev–Trinajstić information content (AvgIpc) is 1.83. The van der Waals surface area contributed by atoms with Crippen LogP contribution in [0.15, 0.2) is 0 Å². The lowest BCUT2D eigenvalue weighted by Gasteiger charge is -2.39. The summed E-state index contributed by atoms with van der Waals surface area (Å²) in [5.74, 6) is -2.24. The molecule has 0 aromatic heterocycles. The van der Waals surface area contributed by atoms with Gasteiger partial charge in [0.05, 0.1) is 0 Å². The molecule has 0 aromatic carbocycles. The van der Waals surface area contributed by atoms with Crippen LogP contribution >= 0.6 is 15.9 Å². The van der Waals surface area contributed by atoms with Crippen LogP contribution in [0.25, 0.3) is 0 Å². The highest BCUT2D eigenvalue weighted by Crippen LogP contribution is 2.46. The summed E-state index contributed by atoms with van der Waals surface area (Å²) in [6.45, 7) is 0. The van der Waals surface area contributed by atoms with Gasteiger partial charge in [0.2, 0.25) is 0 Å². The third-order valence-electron chi connectivity index (χ3n) is 2.31. The first-order chi connectivity index (χ1) is 5.53. The number of rotatable bonds is 3. The number of alkyl halides is 1. The van der Waals surface area contributed by atoms with Crippen molar-refractivity contribution in [2.75, 3.05) is 5.33 Å². The predicted molar refractivity (Wildman–Crippen MR) is 44.2 cm³/mol. The second kappa shape index (κ2) is 3.05. The van der Waals surface area contributed by atoms with Crippen LogP contribution in [0.3, 0.4) is 0 Å². The van der Waals surface area contributed by atoms with E-state index in [1.807, 2.05) is 0 Å². The SMILES string of the molecule is O=C(O)C1(C(=O)O)CC(CBr)C1. The van der Waals surface area contributed by atoms with Crippen molar-refractivity contribution in [3.8, 4) is 0 Å². The summed E-state index contributed by atoms with van der Waals surface area (Å²) in [7, 11) is 0. The molecule has 1 rings (SSSR count). The second-order valence-electron chi connectivity index (χ2n) is 3.12.